The number of rotatable bonds is 6. The third kappa shape index (κ3) is 3.92. The van der Waals surface area contributed by atoms with Gasteiger partial charge in [0.1, 0.15) is 17.6 Å². The van der Waals surface area contributed by atoms with Crippen molar-refractivity contribution in [2.75, 3.05) is 11.9 Å². The van der Waals surface area contributed by atoms with Gasteiger partial charge in [0.25, 0.3) is 0 Å². The molecule has 0 unspecified atom stereocenters. The minimum Gasteiger partial charge on any atom is -0.374 e. The number of halogens is 1. The van der Waals surface area contributed by atoms with E-state index in [0.29, 0.717) is 36.6 Å². The van der Waals surface area contributed by atoms with Crippen LogP contribution in [0.25, 0.3) is 0 Å². The average Bonchev–Trinajstić information content (AvgIpc) is 2.67. The summed E-state index contributed by atoms with van der Waals surface area (Å²) in [7, 11) is 1.94. The van der Waals surface area contributed by atoms with Crippen molar-refractivity contribution in [2.45, 2.75) is 33.9 Å². The molecule has 0 spiro atoms. The molecule has 0 atom stereocenters. The minimum atomic E-state index is 0.358. The Hall–Kier alpha value is -1.66. The molecule has 2 aromatic rings. The van der Waals surface area contributed by atoms with Gasteiger partial charge in [0.05, 0.1) is 5.69 Å². The van der Waals surface area contributed by atoms with Crippen molar-refractivity contribution in [2.24, 2.45) is 7.05 Å². The molecule has 114 valence electrons. The standard InChI is InChI=1S/C14H20ClN5O/c1-5-21-8-14-17-12(15)6-13(18-14)16-7-11-9(2)19-20(4)10(11)3/h6H,5,7-8H2,1-4H3,(H,16,17,18). The Morgan fingerprint density at radius 2 is 2.10 bits per heavy atom. The fraction of sp³-hybridized carbons (Fsp3) is 0.500. The van der Waals surface area contributed by atoms with E-state index in [9.17, 15) is 0 Å². The zero-order valence-electron chi connectivity index (χ0n) is 12.8. The molecule has 0 bridgehead atoms. The Balaban J connectivity index is 2.10. The molecule has 21 heavy (non-hydrogen) atoms. The number of ether oxygens (including phenoxy) is 1. The zero-order valence-corrected chi connectivity index (χ0v) is 13.5. The van der Waals surface area contributed by atoms with Gasteiger partial charge in [-0.15, -0.1) is 0 Å². The van der Waals surface area contributed by atoms with E-state index in [1.807, 2.05) is 32.5 Å². The van der Waals surface area contributed by atoms with Gasteiger partial charge in [-0.3, -0.25) is 4.68 Å². The Bertz CT molecular complexity index is 626. The first kappa shape index (κ1) is 15.7. The topological polar surface area (TPSA) is 64.9 Å². The van der Waals surface area contributed by atoms with Crippen molar-refractivity contribution < 1.29 is 4.74 Å². The second kappa shape index (κ2) is 6.87. The molecular formula is C14H20ClN5O. The van der Waals surface area contributed by atoms with Crippen LogP contribution in [0.1, 0.15) is 29.7 Å². The summed E-state index contributed by atoms with van der Waals surface area (Å²) < 4.78 is 7.18. The molecule has 2 rings (SSSR count). The van der Waals surface area contributed by atoms with Crippen LogP contribution in [-0.4, -0.2) is 26.4 Å². The monoisotopic (exact) mass is 309 g/mol. The quantitative estimate of drug-likeness (QED) is 0.831. The molecule has 0 aromatic carbocycles. The molecule has 7 heteroatoms. The highest BCUT2D eigenvalue weighted by Crippen LogP contribution is 2.16. The molecule has 6 nitrogen and oxygen atoms in total. The third-order valence-electron chi connectivity index (χ3n) is 3.28. The van der Waals surface area contributed by atoms with Crippen LogP contribution in [0.4, 0.5) is 5.82 Å². The van der Waals surface area contributed by atoms with Gasteiger partial charge in [-0.05, 0) is 20.8 Å². The fourth-order valence-electron chi connectivity index (χ4n) is 2.07. The van der Waals surface area contributed by atoms with Crippen molar-refractivity contribution in [1.29, 1.82) is 0 Å². The van der Waals surface area contributed by atoms with Gasteiger partial charge < -0.3 is 10.1 Å². The number of nitrogens with zero attached hydrogens (tertiary/aromatic N) is 4. The summed E-state index contributed by atoms with van der Waals surface area (Å²) in [5.41, 5.74) is 3.31. The number of aromatic nitrogens is 4. The molecule has 0 fully saturated rings. The number of anilines is 1. The first-order valence-corrected chi connectivity index (χ1v) is 7.23. The minimum absolute atomic E-state index is 0.358. The van der Waals surface area contributed by atoms with Gasteiger partial charge in [0.2, 0.25) is 0 Å². The Kier molecular flexibility index (Phi) is 5.14. The molecule has 0 aliphatic heterocycles. The fourth-order valence-corrected chi connectivity index (χ4v) is 2.27. The summed E-state index contributed by atoms with van der Waals surface area (Å²) in [6.07, 6.45) is 0. The SMILES string of the molecule is CCOCc1nc(Cl)cc(NCc2c(C)nn(C)c2C)n1. The van der Waals surface area contributed by atoms with Gasteiger partial charge in [-0.2, -0.15) is 5.10 Å². The summed E-state index contributed by atoms with van der Waals surface area (Å²) in [5.74, 6) is 1.26. The van der Waals surface area contributed by atoms with Crippen molar-refractivity contribution in [1.82, 2.24) is 19.7 Å². The number of hydrogen-bond donors (Lipinski definition) is 1. The van der Waals surface area contributed by atoms with E-state index in [2.05, 4.69) is 20.4 Å². The molecule has 0 amide bonds. The second-order valence-electron chi connectivity index (χ2n) is 4.76. The van der Waals surface area contributed by atoms with E-state index in [4.69, 9.17) is 16.3 Å². The van der Waals surface area contributed by atoms with Crippen LogP contribution in [0, 0.1) is 13.8 Å². The normalized spacial score (nSPS) is 10.9. The highest BCUT2D eigenvalue weighted by Gasteiger charge is 2.10. The summed E-state index contributed by atoms with van der Waals surface area (Å²) in [4.78, 5) is 8.53. The van der Waals surface area contributed by atoms with Crippen LogP contribution in [0.5, 0.6) is 0 Å². The van der Waals surface area contributed by atoms with Crippen molar-refractivity contribution in [3.05, 3.63) is 34.0 Å². The molecule has 1 N–H and O–H groups in total. The molecule has 0 aliphatic rings. The largest absolute Gasteiger partial charge is 0.374 e. The Morgan fingerprint density at radius 1 is 1.33 bits per heavy atom. The zero-order chi connectivity index (χ0) is 15.4. The molecule has 2 aromatic heterocycles. The smallest absolute Gasteiger partial charge is 0.158 e. The van der Waals surface area contributed by atoms with E-state index in [0.717, 1.165) is 11.4 Å². The van der Waals surface area contributed by atoms with Gasteiger partial charge >= 0.3 is 0 Å². The van der Waals surface area contributed by atoms with Crippen molar-refractivity contribution in [3.8, 4) is 0 Å². The van der Waals surface area contributed by atoms with E-state index in [-0.39, 0.29) is 0 Å². The van der Waals surface area contributed by atoms with Gasteiger partial charge in [0, 0.05) is 37.5 Å². The summed E-state index contributed by atoms with van der Waals surface area (Å²) >= 11 is 6.01. The molecule has 0 saturated carbocycles. The van der Waals surface area contributed by atoms with Gasteiger partial charge in [-0.25, -0.2) is 9.97 Å². The molecule has 0 saturated heterocycles. The van der Waals surface area contributed by atoms with E-state index in [1.165, 1.54) is 5.56 Å². The highest BCUT2D eigenvalue weighted by molar-refractivity contribution is 6.29. The Labute approximate surface area is 129 Å². The molecule has 2 heterocycles. The second-order valence-corrected chi connectivity index (χ2v) is 5.14. The molecule has 0 aliphatic carbocycles. The molecule has 0 radical (unpaired) electrons. The highest BCUT2D eigenvalue weighted by atomic mass is 35.5. The third-order valence-corrected chi connectivity index (χ3v) is 3.48. The van der Waals surface area contributed by atoms with Gasteiger partial charge in [-0.1, -0.05) is 11.6 Å². The average molecular weight is 310 g/mol. The summed E-state index contributed by atoms with van der Waals surface area (Å²) in [6, 6.07) is 1.71. The summed E-state index contributed by atoms with van der Waals surface area (Å²) in [5, 5.41) is 8.07. The first-order valence-electron chi connectivity index (χ1n) is 6.85. The van der Waals surface area contributed by atoms with Crippen LogP contribution in [-0.2, 0) is 24.9 Å². The maximum absolute atomic E-state index is 6.01. The van der Waals surface area contributed by atoms with Crippen LogP contribution in [0.3, 0.4) is 0 Å². The lowest BCUT2D eigenvalue weighted by Crippen LogP contribution is -2.07. The van der Waals surface area contributed by atoms with Crippen molar-refractivity contribution >= 4 is 17.4 Å². The number of aryl methyl sites for hydroxylation is 2. The first-order chi connectivity index (χ1) is 10.0. The van der Waals surface area contributed by atoms with Crippen molar-refractivity contribution in [3.63, 3.8) is 0 Å². The van der Waals surface area contributed by atoms with Crippen LogP contribution < -0.4 is 5.32 Å². The number of nitrogens with one attached hydrogen (secondary N) is 1. The van der Waals surface area contributed by atoms with E-state index >= 15 is 0 Å². The Morgan fingerprint density at radius 3 is 2.71 bits per heavy atom. The maximum Gasteiger partial charge on any atom is 0.158 e. The number of hydrogen-bond acceptors (Lipinski definition) is 5. The summed E-state index contributed by atoms with van der Waals surface area (Å²) in [6.45, 7) is 7.59. The van der Waals surface area contributed by atoms with Crippen LogP contribution >= 0.6 is 11.6 Å². The predicted octanol–water partition coefficient (Wildman–Crippen LogP) is 2.63. The van der Waals surface area contributed by atoms with Crippen LogP contribution in [0.15, 0.2) is 6.07 Å². The lowest BCUT2D eigenvalue weighted by atomic mass is 10.2. The predicted molar refractivity (Wildman–Crippen MR) is 82.4 cm³/mol. The van der Waals surface area contributed by atoms with Gasteiger partial charge in [0.15, 0.2) is 5.82 Å². The lowest BCUT2D eigenvalue weighted by Gasteiger charge is -2.08. The van der Waals surface area contributed by atoms with Crippen LogP contribution in [0.2, 0.25) is 5.15 Å². The maximum atomic E-state index is 6.01. The van der Waals surface area contributed by atoms with E-state index < -0.39 is 0 Å². The lowest BCUT2D eigenvalue weighted by molar-refractivity contribution is 0.128. The molecular weight excluding hydrogens is 290 g/mol. The van der Waals surface area contributed by atoms with E-state index in [1.54, 1.807) is 6.07 Å².